The third-order valence-electron chi connectivity index (χ3n) is 15.7. The number of benzene rings is 5. The van der Waals surface area contributed by atoms with E-state index in [1.54, 1.807) is 38.1 Å². The lowest BCUT2D eigenvalue weighted by atomic mass is 9.92. The summed E-state index contributed by atoms with van der Waals surface area (Å²) in [7, 11) is 0. The summed E-state index contributed by atoms with van der Waals surface area (Å²) in [6, 6.07) is 30.1. The highest BCUT2D eigenvalue weighted by molar-refractivity contribution is 6.00. The van der Waals surface area contributed by atoms with Gasteiger partial charge in [-0.15, -0.1) is 0 Å². The van der Waals surface area contributed by atoms with Gasteiger partial charge in [0.25, 0.3) is 11.1 Å². The number of piperidine rings is 2. The van der Waals surface area contributed by atoms with Crippen LogP contribution in [0.3, 0.4) is 0 Å². The molecule has 0 radical (unpaired) electrons. The molecule has 19 nitrogen and oxygen atoms in total. The average molecular weight is 1070 g/mol. The first-order valence-electron chi connectivity index (χ1n) is 26.8. The Hall–Kier alpha value is -8.35. The van der Waals surface area contributed by atoms with Crippen molar-refractivity contribution in [2.45, 2.75) is 83.5 Å². The van der Waals surface area contributed by atoms with Crippen LogP contribution in [0.2, 0.25) is 0 Å². The second-order valence-electron chi connectivity index (χ2n) is 20.7. The second kappa shape index (κ2) is 22.6. The number of ether oxygens (including phenoxy) is 1. The Morgan fingerprint density at radius 3 is 2.18 bits per heavy atom. The summed E-state index contributed by atoms with van der Waals surface area (Å²) in [5, 5.41) is 33.3. The summed E-state index contributed by atoms with van der Waals surface area (Å²) in [5.41, 5.74) is 6.50. The quantitative estimate of drug-likeness (QED) is 0.0853. The number of aliphatic hydroxyl groups is 1. The van der Waals surface area contributed by atoms with Crippen molar-refractivity contribution in [2.24, 2.45) is 0 Å². The number of nitrogens with zero attached hydrogens (tertiary/aromatic N) is 8. The van der Waals surface area contributed by atoms with Crippen LogP contribution in [0.25, 0.3) is 21.8 Å². The van der Waals surface area contributed by atoms with Gasteiger partial charge in [-0.25, -0.2) is 14.4 Å². The first-order chi connectivity index (χ1) is 38.3. The number of anilines is 3. The maximum atomic E-state index is 15.5. The molecule has 11 rings (SSSR count). The number of aryl methyl sites for hydroxylation is 2. The number of rotatable bonds is 14. The summed E-state index contributed by atoms with van der Waals surface area (Å²) in [6.45, 7) is 9.93. The summed E-state index contributed by atoms with van der Waals surface area (Å²) < 4.78 is 23.9. The topological polar surface area (TPSA) is 232 Å². The SMILES string of the molecule is Cc1nc2cccc(NCc3cccc(C(c4ccc(NCc5ccc(CN6CCOCC6)cc5)c5c(=O)n(C6CCC(=O)NC6O)c(C)nc45)N4CCN(c5ccc(C#N)cc5F)CC4)c3)c2c(=O)n1C1CCC(=O)NC1=O. The Morgan fingerprint density at radius 1 is 0.747 bits per heavy atom. The van der Waals surface area contributed by atoms with Crippen LogP contribution in [0.15, 0.2) is 107 Å². The normalized spacial score (nSPS) is 19.7. The summed E-state index contributed by atoms with van der Waals surface area (Å²) in [4.78, 5) is 83.8. The van der Waals surface area contributed by atoms with Crippen molar-refractivity contribution in [3.8, 4) is 6.07 Å². The number of halogens is 1. The fourth-order valence-electron chi connectivity index (χ4n) is 11.7. The standard InChI is InChI=1S/C59H61FN12O7/c1-35-64-46-8-4-7-44(52(46)58(77)71(35)48-17-19-50(73)66-56(48)75)63-33-40-5-3-6-41(29-40)55(70-23-21-69(22-24-70)47-16-13-39(31-61)30-43(47)60)42-14-15-45(62-32-37-9-11-38(12-10-37)34-68-25-27-79-28-26-68)53-54(42)65-36(2)72(59(53)78)49-18-20-51(74)67-57(49)76/h3-16,29-30,48-49,55,57,62-63,76H,17-28,32-34H2,1-2H3,(H,67,74)(H,66,73,75). The Morgan fingerprint density at radius 2 is 1.44 bits per heavy atom. The highest BCUT2D eigenvalue weighted by Gasteiger charge is 2.35. The summed E-state index contributed by atoms with van der Waals surface area (Å²) >= 11 is 0. The predicted molar refractivity (Wildman–Crippen MR) is 296 cm³/mol. The van der Waals surface area contributed by atoms with Crippen LogP contribution in [-0.2, 0) is 38.8 Å². The van der Waals surface area contributed by atoms with Crippen molar-refractivity contribution >= 4 is 56.6 Å². The summed E-state index contributed by atoms with van der Waals surface area (Å²) in [5.74, 6) is -0.991. The molecule has 4 aliphatic heterocycles. The third kappa shape index (κ3) is 10.8. The molecule has 4 fully saturated rings. The molecule has 2 aromatic heterocycles. The zero-order valence-corrected chi connectivity index (χ0v) is 44.0. The molecular weight excluding hydrogens is 1010 g/mol. The number of hydrogen-bond acceptors (Lipinski definition) is 15. The molecule has 0 bridgehead atoms. The third-order valence-corrected chi connectivity index (χ3v) is 15.7. The fraction of sp³-hybridized carbons (Fsp3) is 0.356. The molecular formula is C59H61FN12O7. The highest BCUT2D eigenvalue weighted by atomic mass is 19.1. The van der Waals surface area contributed by atoms with E-state index >= 15 is 9.18 Å². The van der Waals surface area contributed by atoms with Gasteiger partial charge < -0.3 is 30.7 Å². The van der Waals surface area contributed by atoms with E-state index in [2.05, 4.69) is 61.4 Å². The minimum absolute atomic E-state index is 0.102. The van der Waals surface area contributed by atoms with Crippen LogP contribution >= 0.6 is 0 Å². The van der Waals surface area contributed by atoms with E-state index in [4.69, 9.17) is 14.7 Å². The van der Waals surface area contributed by atoms with Crippen molar-refractivity contribution < 1.29 is 28.6 Å². The number of hydrogen-bond donors (Lipinski definition) is 5. The van der Waals surface area contributed by atoms with E-state index in [1.165, 1.54) is 20.8 Å². The minimum Gasteiger partial charge on any atom is -0.380 e. The molecule has 0 spiro atoms. The Bertz CT molecular complexity index is 3680. The Kier molecular flexibility index (Phi) is 15.0. The largest absolute Gasteiger partial charge is 0.380 e. The molecule has 4 saturated heterocycles. The molecule has 5 N–H and O–H groups in total. The van der Waals surface area contributed by atoms with Crippen LogP contribution in [0, 0.1) is 31.0 Å². The number of piperazine rings is 1. The number of aromatic nitrogens is 4. The van der Waals surface area contributed by atoms with Gasteiger partial charge in [0.1, 0.15) is 29.7 Å². The zero-order valence-electron chi connectivity index (χ0n) is 44.0. The van der Waals surface area contributed by atoms with Gasteiger partial charge in [-0.3, -0.25) is 48.2 Å². The minimum atomic E-state index is -1.31. The van der Waals surface area contributed by atoms with Gasteiger partial charge in [-0.1, -0.05) is 60.7 Å². The monoisotopic (exact) mass is 1070 g/mol. The molecule has 20 heteroatoms. The molecule has 6 heterocycles. The lowest BCUT2D eigenvalue weighted by Gasteiger charge is -2.41. The maximum absolute atomic E-state index is 15.5. The molecule has 7 aromatic rings. The van der Waals surface area contributed by atoms with Crippen molar-refractivity contribution in [1.29, 1.82) is 5.26 Å². The van der Waals surface area contributed by atoms with Gasteiger partial charge in [0.15, 0.2) is 0 Å². The number of fused-ring (bicyclic) bond motifs is 2. The van der Waals surface area contributed by atoms with Crippen LogP contribution < -0.4 is 37.3 Å². The number of aliphatic hydroxyl groups excluding tert-OH is 1. The van der Waals surface area contributed by atoms with Crippen LogP contribution in [0.4, 0.5) is 21.5 Å². The highest BCUT2D eigenvalue weighted by Crippen LogP contribution is 2.38. The molecule has 0 saturated carbocycles. The van der Waals surface area contributed by atoms with Gasteiger partial charge in [0.2, 0.25) is 17.7 Å². The van der Waals surface area contributed by atoms with E-state index in [0.717, 1.165) is 55.1 Å². The number of carbonyl (C=O) groups is 3. The number of nitrogens with one attached hydrogen (secondary N) is 4. The average Bonchev–Trinajstić information content (AvgIpc) is 3.54. The molecule has 5 aromatic carbocycles. The van der Waals surface area contributed by atoms with Gasteiger partial charge >= 0.3 is 0 Å². The zero-order chi connectivity index (χ0) is 54.9. The number of imide groups is 1. The number of carbonyl (C=O) groups excluding carboxylic acids is 3. The molecule has 3 amide bonds. The van der Waals surface area contributed by atoms with E-state index in [1.807, 2.05) is 47.4 Å². The Balaban J connectivity index is 0.969. The van der Waals surface area contributed by atoms with E-state index in [9.17, 15) is 29.5 Å². The first-order valence-corrected chi connectivity index (χ1v) is 26.8. The molecule has 4 aliphatic rings. The number of amides is 3. The number of morpholine rings is 1. The molecule has 406 valence electrons. The summed E-state index contributed by atoms with van der Waals surface area (Å²) in [6.07, 6.45) is -0.670. The number of nitriles is 1. The van der Waals surface area contributed by atoms with E-state index in [0.29, 0.717) is 83.2 Å². The van der Waals surface area contributed by atoms with Crippen molar-refractivity contribution in [3.63, 3.8) is 0 Å². The fourth-order valence-corrected chi connectivity index (χ4v) is 11.7. The van der Waals surface area contributed by atoms with Crippen LogP contribution in [0.5, 0.6) is 0 Å². The van der Waals surface area contributed by atoms with Crippen LogP contribution in [-0.4, -0.2) is 110 Å². The Labute approximate surface area is 454 Å². The lowest BCUT2D eigenvalue weighted by molar-refractivity contribution is -0.136. The van der Waals surface area contributed by atoms with Crippen molar-refractivity contribution in [1.82, 2.24) is 39.5 Å². The predicted octanol–water partition coefficient (Wildman–Crippen LogP) is 5.45. The first kappa shape index (κ1) is 52.7. The van der Waals surface area contributed by atoms with Crippen LogP contribution in [0.1, 0.15) is 88.8 Å². The lowest BCUT2D eigenvalue weighted by Crippen LogP contribution is -2.49. The van der Waals surface area contributed by atoms with E-state index < -0.39 is 41.6 Å². The molecule has 0 aliphatic carbocycles. The smallest absolute Gasteiger partial charge is 0.264 e. The van der Waals surface area contributed by atoms with E-state index in [-0.39, 0.29) is 55.2 Å². The molecule has 4 unspecified atom stereocenters. The van der Waals surface area contributed by atoms with Gasteiger partial charge in [-0.2, -0.15) is 5.26 Å². The van der Waals surface area contributed by atoms with Gasteiger partial charge in [0.05, 0.1) is 64.4 Å². The molecule has 4 atom stereocenters. The van der Waals surface area contributed by atoms with Crippen molar-refractivity contribution in [2.75, 3.05) is 68.0 Å². The molecule has 79 heavy (non-hydrogen) atoms. The van der Waals surface area contributed by atoms with Gasteiger partial charge in [-0.05, 0) is 85.3 Å². The van der Waals surface area contributed by atoms with Crippen molar-refractivity contribution in [3.05, 3.63) is 169 Å². The second-order valence-corrected chi connectivity index (χ2v) is 20.7. The van der Waals surface area contributed by atoms with Gasteiger partial charge in [0, 0.05) is 88.7 Å². The maximum Gasteiger partial charge on any atom is 0.264 e.